The largest absolute Gasteiger partial charge is 0.385 e. The Morgan fingerprint density at radius 1 is 1.16 bits per heavy atom. The highest BCUT2D eigenvalue weighted by Crippen LogP contribution is 2.15. The number of benzene rings is 1. The number of hydrogen-bond donors (Lipinski definition) is 1. The van der Waals surface area contributed by atoms with Gasteiger partial charge in [0.05, 0.1) is 0 Å². The summed E-state index contributed by atoms with van der Waals surface area (Å²) in [6, 6.07) is 8.63. The summed E-state index contributed by atoms with van der Waals surface area (Å²) in [6.45, 7) is 7.48. The average Bonchev–Trinajstić information content (AvgIpc) is 2.38. The maximum atomic E-state index is 5.22. The lowest BCUT2D eigenvalue weighted by Crippen LogP contribution is -2.28. The summed E-state index contributed by atoms with van der Waals surface area (Å²) < 4.78 is 6.36. The Kier molecular flexibility index (Phi) is 8.35. The molecule has 108 valence electrons. The monoisotopic (exact) mass is 327 g/mol. The van der Waals surface area contributed by atoms with Gasteiger partial charge in [0.1, 0.15) is 0 Å². The predicted octanol–water partition coefficient (Wildman–Crippen LogP) is 3.89. The van der Waals surface area contributed by atoms with E-state index in [0.29, 0.717) is 11.8 Å². The van der Waals surface area contributed by atoms with E-state index in [1.165, 1.54) is 5.56 Å². The molecule has 0 saturated carbocycles. The van der Waals surface area contributed by atoms with Crippen LogP contribution in [0.1, 0.15) is 25.8 Å². The second-order valence-electron chi connectivity index (χ2n) is 5.53. The molecule has 0 heterocycles. The van der Waals surface area contributed by atoms with Crippen molar-refractivity contribution in [2.24, 2.45) is 11.8 Å². The van der Waals surface area contributed by atoms with Crippen molar-refractivity contribution in [2.45, 2.75) is 26.7 Å². The smallest absolute Gasteiger partial charge is 0.0465 e. The standard InChI is InChI=1S/C16H26BrNO/c1-13(2)11-18-12-15(8-9-19-3)10-14-4-6-16(17)7-5-14/h4-7,13,15,18H,8-12H2,1-3H3. The molecule has 0 aromatic heterocycles. The van der Waals surface area contributed by atoms with Crippen LogP contribution >= 0.6 is 15.9 Å². The Morgan fingerprint density at radius 3 is 2.42 bits per heavy atom. The first-order valence-corrected chi connectivity index (χ1v) is 7.85. The lowest BCUT2D eigenvalue weighted by atomic mass is 9.96. The highest BCUT2D eigenvalue weighted by atomic mass is 79.9. The molecule has 1 aromatic carbocycles. The van der Waals surface area contributed by atoms with Gasteiger partial charge in [-0.2, -0.15) is 0 Å². The first kappa shape index (κ1) is 16.7. The fourth-order valence-corrected chi connectivity index (χ4v) is 2.36. The summed E-state index contributed by atoms with van der Waals surface area (Å²) in [5.74, 6) is 1.34. The highest BCUT2D eigenvalue weighted by Gasteiger charge is 2.10. The molecule has 19 heavy (non-hydrogen) atoms. The van der Waals surface area contributed by atoms with Gasteiger partial charge in [0.2, 0.25) is 0 Å². The van der Waals surface area contributed by atoms with Crippen LogP contribution in [0.3, 0.4) is 0 Å². The third-order valence-electron chi connectivity index (χ3n) is 3.15. The molecule has 1 rings (SSSR count). The van der Waals surface area contributed by atoms with Crippen LogP contribution in [0.4, 0.5) is 0 Å². The molecule has 0 fully saturated rings. The summed E-state index contributed by atoms with van der Waals surface area (Å²) in [6.07, 6.45) is 2.22. The Balaban J connectivity index is 2.45. The average molecular weight is 328 g/mol. The zero-order chi connectivity index (χ0) is 14.1. The highest BCUT2D eigenvalue weighted by molar-refractivity contribution is 9.10. The van der Waals surface area contributed by atoms with Crippen LogP contribution in [-0.4, -0.2) is 26.8 Å². The van der Waals surface area contributed by atoms with Crippen LogP contribution in [0.15, 0.2) is 28.7 Å². The minimum Gasteiger partial charge on any atom is -0.385 e. The Hall–Kier alpha value is -0.380. The first-order chi connectivity index (χ1) is 9.11. The lowest BCUT2D eigenvalue weighted by Gasteiger charge is -2.18. The number of hydrogen-bond acceptors (Lipinski definition) is 2. The van der Waals surface area contributed by atoms with Gasteiger partial charge in [-0.1, -0.05) is 41.9 Å². The van der Waals surface area contributed by atoms with Gasteiger partial charge in [0, 0.05) is 18.2 Å². The summed E-state index contributed by atoms with van der Waals surface area (Å²) in [7, 11) is 1.78. The Morgan fingerprint density at radius 2 is 1.84 bits per heavy atom. The molecule has 1 unspecified atom stereocenters. The topological polar surface area (TPSA) is 21.3 Å². The molecule has 0 aliphatic heterocycles. The zero-order valence-corrected chi connectivity index (χ0v) is 13.9. The molecular formula is C16H26BrNO. The maximum absolute atomic E-state index is 5.22. The predicted molar refractivity (Wildman–Crippen MR) is 85.5 cm³/mol. The molecular weight excluding hydrogens is 302 g/mol. The van der Waals surface area contributed by atoms with Gasteiger partial charge in [-0.05, 0) is 55.5 Å². The first-order valence-electron chi connectivity index (χ1n) is 7.06. The van der Waals surface area contributed by atoms with Crippen molar-refractivity contribution in [3.63, 3.8) is 0 Å². The fourth-order valence-electron chi connectivity index (χ4n) is 2.09. The molecule has 0 bridgehead atoms. The summed E-state index contributed by atoms with van der Waals surface area (Å²) in [5, 5.41) is 3.56. The van der Waals surface area contributed by atoms with E-state index in [2.05, 4.69) is 59.4 Å². The van der Waals surface area contributed by atoms with Crippen LogP contribution in [0, 0.1) is 11.8 Å². The van der Waals surface area contributed by atoms with E-state index >= 15 is 0 Å². The lowest BCUT2D eigenvalue weighted by molar-refractivity contribution is 0.176. The van der Waals surface area contributed by atoms with Crippen LogP contribution in [0.5, 0.6) is 0 Å². The van der Waals surface area contributed by atoms with Crippen molar-refractivity contribution in [1.82, 2.24) is 5.32 Å². The van der Waals surface area contributed by atoms with Crippen LogP contribution in [-0.2, 0) is 11.2 Å². The van der Waals surface area contributed by atoms with E-state index in [9.17, 15) is 0 Å². The Labute approximate surface area is 126 Å². The SMILES string of the molecule is COCCC(CNCC(C)C)Cc1ccc(Br)cc1. The maximum Gasteiger partial charge on any atom is 0.0465 e. The van der Waals surface area contributed by atoms with Crippen LogP contribution < -0.4 is 5.32 Å². The van der Waals surface area contributed by atoms with Gasteiger partial charge in [-0.25, -0.2) is 0 Å². The van der Waals surface area contributed by atoms with Gasteiger partial charge >= 0.3 is 0 Å². The van der Waals surface area contributed by atoms with E-state index in [4.69, 9.17) is 4.74 Å². The van der Waals surface area contributed by atoms with Gasteiger partial charge in [0.25, 0.3) is 0 Å². The van der Waals surface area contributed by atoms with E-state index in [0.717, 1.165) is 37.0 Å². The van der Waals surface area contributed by atoms with Crippen molar-refractivity contribution < 1.29 is 4.74 Å². The van der Waals surface area contributed by atoms with Crippen molar-refractivity contribution in [3.8, 4) is 0 Å². The molecule has 1 aromatic rings. The third-order valence-corrected chi connectivity index (χ3v) is 3.68. The number of methoxy groups -OCH3 is 1. The quantitative estimate of drug-likeness (QED) is 0.742. The molecule has 0 radical (unpaired) electrons. The molecule has 2 nitrogen and oxygen atoms in total. The fraction of sp³-hybridized carbons (Fsp3) is 0.625. The van der Waals surface area contributed by atoms with E-state index in [-0.39, 0.29) is 0 Å². The van der Waals surface area contributed by atoms with Crippen LogP contribution in [0.2, 0.25) is 0 Å². The molecule has 0 spiro atoms. The zero-order valence-electron chi connectivity index (χ0n) is 12.3. The second kappa shape index (κ2) is 9.51. The minimum atomic E-state index is 0.639. The summed E-state index contributed by atoms with van der Waals surface area (Å²) >= 11 is 3.48. The number of rotatable bonds is 9. The summed E-state index contributed by atoms with van der Waals surface area (Å²) in [4.78, 5) is 0. The van der Waals surface area contributed by atoms with Crippen molar-refractivity contribution in [3.05, 3.63) is 34.3 Å². The summed E-state index contributed by atoms with van der Waals surface area (Å²) in [5.41, 5.74) is 1.40. The normalized spacial score (nSPS) is 12.9. The molecule has 3 heteroatoms. The second-order valence-corrected chi connectivity index (χ2v) is 6.45. The number of halogens is 1. The Bertz CT molecular complexity index is 337. The van der Waals surface area contributed by atoms with Gasteiger partial charge in [-0.3, -0.25) is 0 Å². The molecule has 0 saturated heterocycles. The van der Waals surface area contributed by atoms with Crippen molar-refractivity contribution in [1.29, 1.82) is 0 Å². The third kappa shape index (κ3) is 7.71. The van der Waals surface area contributed by atoms with Crippen molar-refractivity contribution in [2.75, 3.05) is 26.8 Å². The molecule has 1 N–H and O–H groups in total. The van der Waals surface area contributed by atoms with Gasteiger partial charge in [-0.15, -0.1) is 0 Å². The van der Waals surface area contributed by atoms with Crippen molar-refractivity contribution >= 4 is 15.9 Å². The van der Waals surface area contributed by atoms with Gasteiger partial charge in [0.15, 0.2) is 0 Å². The number of ether oxygens (including phenoxy) is 1. The molecule has 0 aliphatic carbocycles. The van der Waals surface area contributed by atoms with Gasteiger partial charge < -0.3 is 10.1 Å². The molecule has 0 aliphatic rings. The number of nitrogens with one attached hydrogen (secondary N) is 1. The van der Waals surface area contributed by atoms with E-state index in [1.54, 1.807) is 7.11 Å². The molecule has 1 atom stereocenters. The van der Waals surface area contributed by atoms with Crippen LogP contribution in [0.25, 0.3) is 0 Å². The van der Waals surface area contributed by atoms with E-state index < -0.39 is 0 Å². The minimum absolute atomic E-state index is 0.639. The van der Waals surface area contributed by atoms with E-state index in [1.807, 2.05) is 0 Å². The molecule has 0 amide bonds.